The fourth-order valence-corrected chi connectivity index (χ4v) is 2.50. The third-order valence-corrected chi connectivity index (χ3v) is 3.66. The number of hydrogen-bond acceptors (Lipinski definition) is 4. The second-order valence-electron chi connectivity index (χ2n) is 5.18. The predicted molar refractivity (Wildman–Crippen MR) is 89.5 cm³/mol. The molecule has 124 valence electrons. The van der Waals surface area contributed by atoms with Gasteiger partial charge in [-0.2, -0.15) is 0 Å². The first-order valence-corrected chi connectivity index (χ1v) is 7.74. The molecule has 2 amide bonds. The molecule has 3 rings (SSSR count). The van der Waals surface area contributed by atoms with Gasteiger partial charge >= 0.3 is 12.2 Å². The van der Waals surface area contributed by atoms with E-state index in [1.165, 1.54) is 4.90 Å². The lowest BCUT2D eigenvalue weighted by Gasteiger charge is -2.13. The number of nitrogens with one attached hydrogen (secondary N) is 1. The third kappa shape index (κ3) is 3.97. The topological polar surface area (TPSA) is 67.9 Å². The molecule has 1 unspecified atom stereocenters. The highest BCUT2D eigenvalue weighted by Gasteiger charge is 2.32. The number of amides is 2. The maximum absolute atomic E-state index is 11.9. The van der Waals surface area contributed by atoms with Crippen molar-refractivity contribution in [2.45, 2.75) is 6.10 Å². The highest BCUT2D eigenvalue weighted by atomic mass is 35.5. The Balaban J connectivity index is 1.52. The summed E-state index contributed by atoms with van der Waals surface area (Å²) in [6, 6.07) is 15.7. The van der Waals surface area contributed by atoms with Gasteiger partial charge in [-0.1, -0.05) is 35.9 Å². The average molecular weight is 347 g/mol. The van der Waals surface area contributed by atoms with Crippen LogP contribution in [0.15, 0.2) is 54.6 Å². The Bertz CT molecular complexity index is 738. The normalized spacial score (nSPS) is 16.6. The molecule has 0 aromatic heterocycles. The third-order valence-electron chi connectivity index (χ3n) is 3.42. The Morgan fingerprint density at radius 3 is 2.79 bits per heavy atom. The summed E-state index contributed by atoms with van der Waals surface area (Å²) in [6.07, 6.45) is -1.53. The van der Waals surface area contributed by atoms with E-state index < -0.39 is 18.3 Å². The van der Waals surface area contributed by atoms with Crippen LogP contribution < -0.4 is 15.0 Å². The fourth-order valence-electron chi connectivity index (χ4n) is 2.31. The van der Waals surface area contributed by atoms with Crippen molar-refractivity contribution in [1.29, 1.82) is 0 Å². The number of halogens is 1. The van der Waals surface area contributed by atoms with Crippen molar-refractivity contribution in [3.05, 3.63) is 59.6 Å². The van der Waals surface area contributed by atoms with Gasteiger partial charge in [0.15, 0.2) is 0 Å². The van der Waals surface area contributed by atoms with Gasteiger partial charge in [-0.15, -0.1) is 0 Å². The summed E-state index contributed by atoms with van der Waals surface area (Å²) >= 11 is 5.93. The lowest BCUT2D eigenvalue weighted by Crippen LogP contribution is -2.36. The lowest BCUT2D eigenvalue weighted by molar-refractivity contribution is 0.137. The van der Waals surface area contributed by atoms with Gasteiger partial charge in [-0.25, -0.2) is 9.59 Å². The zero-order valence-corrected chi connectivity index (χ0v) is 13.4. The maximum Gasteiger partial charge on any atom is 0.414 e. The average Bonchev–Trinajstić information content (AvgIpc) is 2.95. The van der Waals surface area contributed by atoms with Crippen molar-refractivity contribution in [2.75, 3.05) is 18.0 Å². The van der Waals surface area contributed by atoms with E-state index in [1.54, 1.807) is 48.5 Å². The van der Waals surface area contributed by atoms with Crippen LogP contribution in [-0.2, 0) is 4.74 Å². The van der Waals surface area contributed by atoms with E-state index in [9.17, 15) is 9.59 Å². The molecule has 6 nitrogen and oxygen atoms in total. The molecule has 1 heterocycles. The minimum Gasteiger partial charge on any atom is -0.442 e. The number of benzene rings is 2. The van der Waals surface area contributed by atoms with Crippen LogP contribution in [0.1, 0.15) is 0 Å². The van der Waals surface area contributed by atoms with Gasteiger partial charge in [0.05, 0.1) is 13.1 Å². The second kappa shape index (κ2) is 7.23. The number of carbonyl (C=O) groups is 2. The van der Waals surface area contributed by atoms with Crippen molar-refractivity contribution in [3.8, 4) is 5.75 Å². The van der Waals surface area contributed by atoms with Crippen molar-refractivity contribution >= 4 is 29.5 Å². The number of rotatable bonds is 4. The molecule has 1 aliphatic rings. The van der Waals surface area contributed by atoms with E-state index in [0.29, 0.717) is 23.0 Å². The number of carbonyl (C=O) groups excluding carboxylic acids is 2. The molecular weight excluding hydrogens is 332 g/mol. The number of ether oxygens (including phenoxy) is 2. The summed E-state index contributed by atoms with van der Waals surface area (Å²) in [5.41, 5.74) is 0.655. The van der Waals surface area contributed by atoms with Gasteiger partial charge < -0.3 is 14.8 Å². The summed E-state index contributed by atoms with van der Waals surface area (Å²) in [7, 11) is 0. The van der Waals surface area contributed by atoms with Crippen LogP contribution in [0, 0.1) is 0 Å². The van der Waals surface area contributed by atoms with Crippen molar-refractivity contribution in [1.82, 2.24) is 5.32 Å². The van der Waals surface area contributed by atoms with Crippen LogP contribution in [0.25, 0.3) is 0 Å². The monoisotopic (exact) mass is 346 g/mol. The molecule has 1 aliphatic heterocycles. The van der Waals surface area contributed by atoms with E-state index in [4.69, 9.17) is 21.1 Å². The number of para-hydroxylation sites is 1. The predicted octanol–water partition coefficient (Wildman–Crippen LogP) is 3.45. The molecule has 0 spiro atoms. The van der Waals surface area contributed by atoms with Crippen LogP contribution >= 0.6 is 11.6 Å². The van der Waals surface area contributed by atoms with Crippen LogP contribution in [0.3, 0.4) is 0 Å². The minimum atomic E-state index is -0.599. The second-order valence-corrected chi connectivity index (χ2v) is 5.62. The Morgan fingerprint density at radius 2 is 2.04 bits per heavy atom. The van der Waals surface area contributed by atoms with E-state index in [1.807, 2.05) is 6.07 Å². The molecule has 1 saturated heterocycles. The van der Waals surface area contributed by atoms with Crippen molar-refractivity contribution in [3.63, 3.8) is 0 Å². The Morgan fingerprint density at radius 1 is 1.25 bits per heavy atom. The molecule has 2 aromatic carbocycles. The van der Waals surface area contributed by atoms with Crippen LogP contribution in [0.5, 0.6) is 5.75 Å². The van der Waals surface area contributed by atoms with Crippen LogP contribution in [-0.4, -0.2) is 31.4 Å². The molecule has 1 N–H and O–H groups in total. The summed E-state index contributed by atoms with van der Waals surface area (Å²) in [6.45, 7) is 0.485. The van der Waals surface area contributed by atoms with Crippen LogP contribution in [0.4, 0.5) is 15.3 Å². The van der Waals surface area contributed by atoms with Gasteiger partial charge in [0.1, 0.15) is 11.9 Å². The first kappa shape index (κ1) is 16.1. The molecule has 24 heavy (non-hydrogen) atoms. The number of anilines is 1. The molecular formula is C17H15ClN2O4. The van der Waals surface area contributed by atoms with Crippen LogP contribution in [0.2, 0.25) is 5.02 Å². The van der Waals surface area contributed by atoms with Gasteiger partial charge in [0, 0.05) is 10.7 Å². The standard InChI is InChI=1S/C17H15ClN2O4/c18-12-5-4-6-13(9-12)20-11-15(24-17(20)22)10-19-16(21)23-14-7-2-1-3-8-14/h1-9,15H,10-11H2,(H,19,21). The van der Waals surface area contributed by atoms with E-state index in [0.717, 1.165) is 0 Å². The quantitative estimate of drug-likeness (QED) is 0.920. The van der Waals surface area contributed by atoms with Crippen molar-refractivity contribution in [2.24, 2.45) is 0 Å². The fraction of sp³-hybridized carbons (Fsp3) is 0.176. The zero-order valence-electron chi connectivity index (χ0n) is 12.6. The minimum absolute atomic E-state index is 0.161. The molecule has 0 bridgehead atoms. The first-order chi connectivity index (χ1) is 11.6. The summed E-state index contributed by atoms with van der Waals surface area (Å²) < 4.78 is 10.3. The van der Waals surface area contributed by atoms with Gasteiger partial charge in [0.2, 0.25) is 0 Å². The van der Waals surface area contributed by atoms with E-state index >= 15 is 0 Å². The number of nitrogens with zero attached hydrogens (tertiary/aromatic N) is 1. The number of cyclic esters (lactones) is 1. The largest absolute Gasteiger partial charge is 0.442 e. The Kier molecular flexibility index (Phi) is 4.86. The summed E-state index contributed by atoms with van der Waals surface area (Å²) in [5, 5.41) is 3.12. The highest BCUT2D eigenvalue weighted by molar-refractivity contribution is 6.30. The van der Waals surface area contributed by atoms with Gasteiger partial charge in [0.25, 0.3) is 0 Å². The smallest absolute Gasteiger partial charge is 0.414 e. The first-order valence-electron chi connectivity index (χ1n) is 7.36. The van der Waals surface area contributed by atoms with Crippen molar-refractivity contribution < 1.29 is 19.1 Å². The molecule has 2 aromatic rings. The van der Waals surface area contributed by atoms with Gasteiger partial charge in [-0.3, -0.25) is 4.90 Å². The number of hydrogen-bond donors (Lipinski definition) is 1. The lowest BCUT2D eigenvalue weighted by atomic mass is 10.2. The molecule has 0 saturated carbocycles. The maximum atomic E-state index is 11.9. The van der Waals surface area contributed by atoms with E-state index in [-0.39, 0.29) is 6.54 Å². The Labute approximate surface area is 143 Å². The summed E-state index contributed by atoms with van der Waals surface area (Å²) in [4.78, 5) is 25.2. The molecule has 0 aliphatic carbocycles. The molecule has 0 radical (unpaired) electrons. The molecule has 1 atom stereocenters. The molecule has 7 heteroatoms. The Hall–Kier alpha value is -2.73. The summed E-state index contributed by atoms with van der Waals surface area (Å²) in [5.74, 6) is 0.443. The van der Waals surface area contributed by atoms with E-state index in [2.05, 4.69) is 5.32 Å². The SMILES string of the molecule is O=C(NCC1CN(c2cccc(Cl)c2)C(=O)O1)Oc1ccccc1. The molecule has 1 fully saturated rings. The van der Waals surface area contributed by atoms with Gasteiger partial charge in [-0.05, 0) is 30.3 Å². The highest BCUT2D eigenvalue weighted by Crippen LogP contribution is 2.24. The zero-order chi connectivity index (χ0) is 16.9.